The predicted molar refractivity (Wildman–Crippen MR) is 63.4 cm³/mol. The number of rotatable bonds is 4. The van der Waals surface area contributed by atoms with Crippen LogP contribution in [0.5, 0.6) is 0 Å². The van der Waals surface area contributed by atoms with Gasteiger partial charge >= 0.3 is 12.4 Å². The Morgan fingerprint density at radius 1 is 1.10 bits per heavy atom. The lowest BCUT2D eigenvalue weighted by Crippen LogP contribution is -2.47. The highest BCUT2D eigenvalue weighted by Gasteiger charge is 2.60. The third kappa shape index (κ3) is 5.11. The molecule has 0 aromatic heterocycles. The van der Waals surface area contributed by atoms with E-state index >= 15 is 0 Å². The number of benzene rings is 1. The number of hydrogen-bond acceptors (Lipinski definition) is 1. The van der Waals surface area contributed by atoms with Gasteiger partial charge in [0.2, 0.25) is 11.8 Å². The van der Waals surface area contributed by atoms with E-state index in [4.69, 9.17) is 11.6 Å². The molecule has 0 radical (unpaired) electrons. The molecule has 2 nitrogen and oxygen atoms in total. The zero-order valence-corrected chi connectivity index (χ0v) is 11.1. The van der Waals surface area contributed by atoms with E-state index in [2.05, 4.69) is 0 Å². The quantitative estimate of drug-likeness (QED) is 0.659. The number of hydrogen-bond donors (Lipinski definition) is 1. The molecule has 9 heteroatoms. The van der Waals surface area contributed by atoms with Crippen LogP contribution in [0.3, 0.4) is 0 Å². The van der Waals surface area contributed by atoms with Crippen molar-refractivity contribution < 1.29 is 31.1 Å². The Kier molecular flexibility index (Phi) is 5.49. The van der Waals surface area contributed by atoms with E-state index in [9.17, 15) is 31.1 Å². The minimum atomic E-state index is -5.69. The molecular formula is C12H10ClF6NO. The van der Waals surface area contributed by atoms with E-state index in [1.54, 1.807) is 11.4 Å². The lowest BCUT2D eigenvalue weighted by Gasteiger charge is -2.22. The lowest BCUT2D eigenvalue weighted by atomic mass is 10.1. The monoisotopic (exact) mass is 333 g/mol. The van der Waals surface area contributed by atoms with Crippen molar-refractivity contribution in [3.8, 4) is 0 Å². The molecule has 0 bridgehead atoms. The Morgan fingerprint density at radius 3 is 2.10 bits per heavy atom. The minimum absolute atomic E-state index is 0.134. The molecule has 1 N–H and O–H groups in total. The Morgan fingerprint density at radius 2 is 1.62 bits per heavy atom. The van der Waals surface area contributed by atoms with Crippen LogP contribution in [-0.2, 0) is 17.2 Å². The fourth-order valence-electron chi connectivity index (χ4n) is 1.60. The Balaban J connectivity index is 2.79. The summed E-state index contributed by atoms with van der Waals surface area (Å²) in [5.41, 5.74) is 0.983. The number of carbonyl (C=O) groups is 1. The normalized spacial score (nSPS) is 12.6. The van der Waals surface area contributed by atoms with Crippen molar-refractivity contribution in [3.05, 3.63) is 35.4 Å². The van der Waals surface area contributed by atoms with Crippen molar-refractivity contribution in [2.75, 3.05) is 0 Å². The number of alkyl halides is 7. The van der Waals surface area contributed by atoms with E-state index in [-0.39, 0.29) is 5.88 Å². The maximum Gasteiger partial charge on any atom is 0.409 e. The van der Waals surface area contributed by atoms with Crippen molar-refractivity contribution >= 4 is 17.5 Å². The summed E-state index contributed by atoms with van der Waals surface area (Å²) in [4.78, 5) is 11.2. The van der Waals surface area contributed by atoms with Crippen LogP contribution in [0.25, 0.3) is 0 Å². The summed E-state index contributed by atoms with van der Waals surface area (Å²) in [5.74, 6) is -6.04. The van der Waals surface area contributed by atoms with Gasteiger partial charge in [0.1, 0.15) is 0 Å². The van der Waals surface area contributed by atoms with Crippen LogP contribution in [-0.4, -0.2) is 18.3 Å². The van der Waals surface area contributed by atoms with Crippen molar-refractivity contribution in [1.82, 2.24) is 5.32 Å². The Bertz CT molecular complexity index is 485. The topological polar surface area (TPSA) is 29.1 Å². The van der Waals surface area contributed by atoms with Crippen LogP contribution in [0.2, 0.25) is 0 Å². The van der Waals surface area contributed by atoms with Gasteiger partial charge in [-0.25, -0.2) is 0 Å². The predicted octanol–water partition coefficient (Wildman–Crippen LogP) is 3.78. The summed E-state index contributed by atoms with van der Waals surface area (Å²) < 4.78 is 73.9. The highest BCUT2D eigenvalue weighted by Crippen LogP contribution is 2.39. The van der Waals surface area contributed by atoms with Gasteiger partial charge in [-0.15, -0.1) is 11.6 Å². The summed E-state index contributed by atoms with van der Waals surface area (Å²) in [7, 11) is 0. The van der Waals surface area contributed by atoms with Crippen LogP contribution in [0.15, 0.2) is 24.3 Å². The van der Waals surface area contributed by atoms with Crippen LogP contribution < -0.4 is 5.32 Å². The fourth-order valence-corrected chi connectivity index (χ4v) is 1.76. The van der Waals surface area contributed by atoms with Gasteiger partial charge < -0.3 is 5.32 Å². The first-order chi connectivity index (χ1) is 9.55. The highest BCUT2D eigenvalue weighted by atomic mass is 35.5. The first kappa shape index (κ1) is 17.6. The summed E-state index contributed by atoms with van der Waals surface area (Å²) in [6.45, 7) is -0.452. The molecule has 118 valence electrons. The molecule has 0 fully saturated rings. The number of nitrogens with one attached hydrogen (secondary N) is 1. The Labute approximate surface area is 121 Å². The second-order valence-electron chi connectivity index (χ2n) is 4.19. The zero-order chi connectivity index (χ0) is 16.3. The SMILES string of the molecule is O=C(NCc1cccc(CCl)c1)C(C(F)(F)F)C(F)(F)F. The number of carbonyl (C=O) groups excluding carboxylic acids is 1. The molecule has 0 unspecified atom stereocenters. The van der Waals surface area contributed by atoms with Crippen molar-refractivity contribution in [1.29, 1.82) is 0 Å². The van der Waals surface area contributed by atoms with Crippen molar-refractivity contribution in [3.63, 3.8) is 0 Å². The second-order valence-corrected chi connectivity index (χ2v) is 4.45. The maximum absolute atomic E-state index is 12.3. The van der Waals surface area contributed by atoms with E-state index in [0.717, 1.165) is 0 Å². The first-order valence-electron chi connectivity index (χ1n) is 5.60. The third-order valence-electron chi connectivity index (χ3n) is 2.53. The van der Waals surface area contributed by atoms with Crippen molar-refractivity contribution in [2.45, 2.75) is 24.8 Å². The smallest absolute Gasteiger partial charge is 0.351 e. The molecule has 1 amide bonds. The molecule has 1 rings (SSSR count). The standard InChI is InChI=1S/C12H10ClF6NO/c13-5-7-2-1-3-8(4-7)6-20-10(21)9(11(14,15)16)12(17,18)19/h1-4,9H,5-6H2,(H,20,21). The van der Waals surface area contributed by atoms with Gasteiger partial charge in [-0.05, 0) is 11.1 Å². The molecule has 0 heterocycles. The molecule has 21 heavy (non-hydrogen) atoms. The van der Waals surface area contributed by atoms with Gasteiger partial charge in [-0.1, -0.05) is 24.3 Å². The van der Waals surface area contributed by atoms with Gasteiger partial charge in [-0.3, -0.25) is 4.79 Å². The molecular weight excluding hydrogens is 324 g/mol. The minimum Gasteiger partial charge on any atom is -0.351 e. The van der Waals surface area contributed by atoms with Crippen LogP contribution in [0.1, 0.15) is 11.1 Å². The van der Waals surface area contributed by atoms with Crippen LogP contribution in [0, 0.1) is 5.92 Å². The highest BCUT2D eigenvalue weighted by molar-refractivity contribution is 6.17. The maximum atomic E-state index is 12.3. The largest absolute Gasteiger partial charge is 0.409 e. The molecule has 0 spiro atoms. The van der Waals surface area contributed by atoms with E-state index in [1.807, 2.05) is 0 Å². The molecule has 0 saturated carbocycles. The zero-order valence-electron chi connectivity index (χ0n) is 10.4. The summed E-state index contributed by atoms with van der Waals surface area (Å²) in [5, 5.41) is 1.64. The van der Waals surface area contributed by atoms with Gasteiger partial charge in [0, 0.05) is 12.4 Å². The van der Waals surface area contributed by atoms with E-state index in [1.165, 1.54) is 18.2 Å². The summed E-state index contributed by atoms with van der Waals surface area (Å²) in [6.07, 6.45) is -11.4. The van der Waals surface area contributed by atoms with Gasteiger partial charge in [-0.2, -0.15) is 26.3 Å². The molecule has 0 atom stereocenters. The molecule has 0 aliphatic heterocycles. The lowest BCUT2D eigenvalue weighted by molar-refractivity contribution is -0.274. The van der Waals surface area contributed by atoms with Crippen molar-refractivity contribution in [2.24, 2.45) is 5.92 Å². The van der Waals surface area contributed by atoms with Crippen LogP contribution >= 0.6 is 11.6 Å². The van der Waals surface area contributed by atoms with Gasteiger partial charge in [0.15, 0.2) is 0 Å². The average molecular weight is 334 g/mol. The molecule has 0 aliphatic carbocycles. The summed E-state index contributed by atoms with van der Waals surface area (Å²) in [6, 6.07) is 6.09. The van der Waals surface area contributed by atoms with E-state index < -0.39 is 30.7 Å². The summed E-state index contributed by atoms with van der Waals surface area (Å²) >= 11 is 5.55. The molecule has 0 saturated heterocycles. The van der Waals surface area contributed by atoms with E-state index in [0.29, 0.717) is 11.1 Å². The molecule has 0 aliphatic rings. The third-order valence-corrected chi connectivity index (χ3v) is 2.84. The number of halogens is 7. The fraction of sp³-hybridized carbons (Fsp3) is 0.417. The molecule has 1 aromatic carbocycles. The molecule has 1 aromatic rings. The average Bonchev–Trinajstić information content (AvgIpc) is 2.33. The van der Waals surface area contributed by atoms with Gasteiger partial charge in [0.05, 0.1) is 0 Å². The second kappa shape index (κ2) is 6.55. The van der Waals surface area contributed by atoms with Crippen LogP contribution in [0.4, 0.5) is 26.3 Å². The number of amides is 1. The Hall–Kier alpha value is -1.44. The first-order valence-corrected chi connectivity index (χ1v) is 6.14. The van der Waals surface area contributed by atoms with Gasteiger partial charge in [0.25, 0.3) is 0 Å².